The Bertz CT molecular complexity index is 1500. The van der Waals surface area contributed by atoms with Crippen LogP contribution in [-0.4, -0.2) is 49.1 Å². The molecule has 3 N–H and O–H groups in total. The predicted molar refractivity (Wildman–Crippen MR) is 145 cm³/mol. The molecular weight excluding hydrogens is 534 g/mol. The Balaban J connectivity index is 1.78. The molecule has 2 atom stereocenters. The summed E-state index contributed by atoms with van der Waals surface area (Å²) in [6.45, 7) is 7.37. The van der Waals surface area contributed by atoms with E-state index in [0.29, 0.717) is 11.3 Å². The number of sulfonamides is 1. The number of aliphatic hydroxyl groups is 1. The molecule has 2 aromatic rings. The van der Waals surface area contributed by atoms with Crippen LogP contribution in [0.25, 0.3) is 0 Å². The number of benzene rings is 2. The van der Waals surface area contributed by atoms with Crippen molar-refractivity contribution in [1.82, 2.24) is 4.90 Å². The number of carbonyl (C=O) groups excluding carboxylic acids is 1. The number of hydrogen-bond acceptors (Lipinski definition) is 7. The smallest absolute Gasteiger partial charge is 0.348 e. The van der Waals surface area contributed by atoms with Crippen molar-refractivity contribution in [3.8, 4) is 0 Å². The highest BCUT2D eigenvalue weighted by atomic mass is 32.2. The summed E-state index contributed by atoms with van der Waals surface area (Å²) in [6.07, 6.45) is 0.993. The highest BCUT2D eigenvalue weighted by Gasteiger charge is 2.48. The molecule has 1 amide bonds. The summed E-state index contributed by atoms with van der Waals surface area (Å²) in [5.41, 5.74) is 0.394. The summed E-state index contributed by atoms with van der Waals surface area (Å²) >= 11 is 0. The molecule has 38 heavy (non-hydrogen) atoms. The zero-order valence-corrected chi connectivity index (χ0v) is 23.4. The third-order valence-corrected chi connectivity index (χ3v) is 8.68. The lowest BCUT2D eigenvalue weighted by atomic mass is 9.85. The summed E-state index contributed by atoms with van der Waals surface area (Å²) < 4.78 is 63.0. The number of nitrogens with one attached hydrogen (secondary N) is 2. The van der Waals surface area contributed by atoms with E-state index in [9.17, 15) is 27.3 Å². The molecule has 2 aliphatic rings. The Hall–Kier alpha value is -3.21. The van der Waals surface area contributed by atoms with Crippen molar-refractivity contribution in [2.24, 2.45) is 10.2 Å². The predicted octanol–water partition coefficient (Wildman–Crippen LogP) is 4.15. The van der Waals surface area contributed by atoms with Crippen molar-refractivity contribution in [3.05, 3.63) is 65.2 Å². The van der Waals surface area contributed by atoms with E-state index in [0.717, 1.165) is 6.26 Å². The van der Waals surface area contributed by atoms with Crippen LogP contribution in [0, 0.1) is 11.2 Å². The van der Waals surface area contributed by atoms with E-state index in [2.05, 4.69) is 14.8 Å². The minimum Gasteiger partial charge on any atom is -0.509 e. The first-order valence-corrected chi connectivity index (χ1v) is 15.3. The summed E-state index contributed by atoms with van der Waals surface area (Å²) in [4.78, 5) is 15.2. The quantitative estimate of drug-likeness (QED) is 0.430. The number of amidine groups is 1. The minimum absolute atomic E-state index is 0.0253. The molecule has 204 valence electrons. The van der Waals surface area contributed by atoms with Gasteiger partial charge in [-0.05, 0) is 48.2 Å². The first-order valence-electron chi connectivity index (χ1n) is 11.9. The maximum absolute atomic E-state index is 13.9. The molecule has 2 aromatic carbocycles. The molecule has 4 rings (SSSR count). The summed E-state index contributed by atoms with van der Waals surface area (Å²) in [5.74, 6) is -1.30. The number of nitrogens with zero attached hydrogens (tertiary/aromatic N) is 2. The van der Waals surface area contributed by atoms with Gasteiger partial charge in [0.15, 0.2) is 5.84 Å². The number of carbonyl (C=O) groups is 1. The number of halogens is 1. The van der Waals surface area contributed by atoms with Gasteiger partial charge in [-0.3, -0.25) is 14.1 Å². The lowest BCUT2D eigenvalue weighted by Crippen LogP contribution is -2.43. The molecule has 13 heteroatoms. The van der Waals surface area contributed by atoms with Crippen LogP contribution in [0.5, 0.6) is 0 Å². The molecule has 2 aliphatic heterocycles. The number of rotatable bonds is 7. The average Bonchev–Trinajstić information content (AvgIpc) is 3.04. The lowest BCUT2D eigenvalue weighted by molar-refractivity contribution is -0.129. The first kappa shape index (κ1) is 27.8. The third kappa shape index (κ3) is 5.48. The molecule has 0 radical (unpaired) electrons. The Morgan fingerprint density at radius 1 is 1.21 bits per heavy atom. The standard InChI is InChI=1S/C25H30FN4O6PS/c1-6-36-37(33)19-13-17(29-38(5,34)35)11-12-18(19)27-23(28-37)20-21(31)22(25(2,3)4)30(24(20)32)14-15-7-9-16(26)10-8-15/h7-13,22,29,31H,6,14H2,1-5H3,(H,27,28,33). The zero-order valence-electron chi connectivity index (χ0n) is 21.6. The van der Waals surface area contributed by atoms with Crippen LogP contribution < -0.4 is 15.3 Å². The summed E-state index contributed by atoms with van der Waals surface area (Å²) in [5, 5.41) is 14.4. The minimum atomic E-state index is -3.98. The fourth-order valence-corrected chi connectivity index (χ4v) is 6.94. The van der Waals surface area contributed by atoms with Crippen LogP contribution in [-0.2, 0) is 30.5 Å². The largest absolute Gasteiger partial charge is 0.509 e. The van der Waals surface area contributed by atoms with Crippen LogP contribution in [0.4, 0.5) is 15.8 Å². The Morgan fingerprint density at radius 3 is 2.45 bits per heavy atom. The highest BCUT2D eigenvalue weighted by molar-refractivity contribution is 7.92. The molecule has 0 fully saturated rings. The second-order valence-corrected chi connectivity index (χ2v) is 13.9. The number of amides is 1. The fraction of sp³-hybridized carbons (Fsp3) is 0.360. The van der Waals surface area contributed by atoms with E-state index < -0.39 is 40.7 Å². The molecule has 10 nitrogen and oxygen atoms in total. The van der Waals surface area contributed by atoms with Gasteiger partial charge in [0.25, 0.3) is 5.91 Å². The average molecular weight is 565 g/mol. The van der Waals surface area contributed by atoms with Gasteiger partial charge in [0.05, 0.1) is 29.9 Å². The molecular formula is C25H30FN4O6PS. The third-order valence-electron chi connectivity index (χ3n) is 6.02. The van der Waals surface area contributed by atoms with Crippen molar-refractivity contribution in [3.63, 3.8) is 0 Å². The molecule has 0 spiro atoms. The van der Waals surface area contributed by atoms with Gasteiger partial charge >= 0.3 is 7.52 Å². The van der Waals surface area contributed by atoms with Crippen LogP contribution in [0.2, 0.25) is 0 Å². The van der Waals surface area contributed by atoms with E-state index in [-0.39, 0.29) is 41.3 Å². The normalized spacial score (nSPS) is 21.7. The Morgan fingerprint density at radius 2 is 1.87 bits per heavy atom. The molecule has 2 unspecified atom stereocenters. The van der Waals surface area contributed by atoms with Crippen LogP contribution in [0.15, 0.2) is 58.6 Å². The van der Waals surface area contributed by atoms with Crippen molar-refractivity contribution < 1.29 is 31.8 Å². The van der Waals surface area contributed by atoms with Gasteiger partial charge in [-0.1, -0.05) is 32.9 Å². The molecule has 0 saturated heterocycles. The van der Waals surface area contributed by atoms with E-state index >= 15 is 0 Å². The van der Waals surface area contributed by atoms with Crippen LogP contribution in [0.3, 0.4) is 0 Å². The van der Waals surface area contributed by atoms with Gasteiger partial charge in [0, 0.05) is 12.2 Å². The van der Waals surface area contributed by atoms with Crippen molar-refractivity contribution >= 4 is 46.0 Å². The van der Waals surface area contributed by atoms with Crippen LogP contribution >= 0.6 is 7.52 Å². The monoisotopic (exact) mass is 564 g/mol. The molecule has 2 heterocycles. The van der Waals surface area contributed by atoms with Gasteiger partial charge in [-0.25, -0.2) is 12.8 Å². The summed E-state index contributed by atoms with van der Waals surface area (Å²) in [7, 11) is -7.57. The number of hydrogen-bond donors (Lipinski definition) is 3. The maximum Gasteiger partial charge on any atom is 0.348 e. The van der Waals surface area contributed by atoms with E-state index in [1.165, 1.54) is 35.2 Å². The highest BCUT2D eigenvalue weighted by Crippen LogP contribution is 2.53. The molecule has 0 aromatic heterocycles. The van der Waals surface area contributed by atoms with Crippen molar-refractivity contribution in [1.29, 1.82) is 0 Å². The second kappa shape index (κ2) is 9.83. The topological polar surface area (TPSA) is 137 Å². The van der Waals surface area contributed by atoms with Gasteiger partial charge < -0.3 is 19.8 Å². The van der Waals surface area contributed by atoms with Crippen molar-refractivity contribution in [2.45, 2.75) is 40.3 Å². The molecule has 0 saturated carbocycles. The number of anilines is 2. The van der Waals surface area contributed by atoms with Gasteiger partial charge in [-0.2, -0.15) is 4.76 Å². The second-order valence-electron chi connectivity index (χ2n) is 10.2. The molecule has 0 aliphatic carbocycles. The number of fused-ring (bicyclic) bond motifs is 1. The molecule has 0 bridgehead atoms. The van der Waals surface area contributed by atoms with E-state index in [4.69, 9.17) is 4.52 Å². The fourth-order valence-electron chi connectivity index (χ4n) is 4.58. The van der Waals surface area contributed by atoms with E-state index in [1.54, 1.807) is 19.1 Å². The SMILES string of the molecule is CCOP1(=O)N=C(C2=C(O)C(C(C)(C)C)N(Cc3ccc(F)cc3)C2=O)Nc2ccc(NS(C)(=O)=O)cc21. The Labute approximate surface area is 221 Å². The zero-order chi connectivity index (χ0) is 28.0. The first-order chi connectivity index (χ1) is 17.6. The van der Waals surface area contributed by atoms with Gasteiger partial charge in [0.2, 0.25) is 10.0 Å². The van der Waals surface area contributed by atoms with Gasteiger partial charge in [-0.15, -0.1) is 0 Å². The maximum atomic E-state index is 13.9. The van der Waals surface area contributed by atoms with Crippen molar-refractivity contribution in [2.75, 3.05) is 22.9 Å². The van der Waals surface area contributed by atoms with E-state index in [1.807, 2.05) is 20.8 Å². The summed E-state index contributed by atoms with van der Waals surface area (Å²) in [6, 6.07) is 9.31. The van der Waals surface area contributed by atoms with Gasteiger partial charge in [0.1, 0.15) is 17.1 Å². The number of aliphatic hydroxyl groups excluding tert-OH is 1. The lowest BCUT2D eigenvalue weighted by Gasteiger charge is -2.35. The Kier molecular flexibility index (Phi) is 7.20. The van der Waals surface area contributed by atoms with Crippen LogP contribution in [0.1, 0.15) is 33.3 Å².